The van der Waals surface area contributed by atoms with E-state index in [9.17, 15) is 34.5 Å². The van der Waals surface area contributed by atoms with E-state index in [0.717, 1.165) is 57.8 Å². The van der Waals surface area contributed by atoms with Crippen LogP contribution in [0, 0.1) is 0 Å². The van der Waals surface area contributed by atoms with E-state index in [1.54, 1.807) is 0 Å². The Morgan fingerprint density at radius 2 is 0.704 bits per heavy atom. The standard InChI is InChI=1S/C69H128O12/c1-4-7-10-13-16-19-22-25-27-29-31-33-35-38-40-43-46-49-52-55-61(70)77-58-60(79-62(71)56-53-50-47-44-42-39-36-34-32-30-28-26-23-20-17-14-11-8-5-2)59-78-69-67(65(74)64(73)66(81-69)68(75)76)80-63(72)57-54-51-48-45-41-37-24-21-18-15-12-9-6-3/h25,27,60,64-67,69,73-74H,4-24,26,28-59H2,1-3H3,(H,75,76)/b27-25-. The zero-order valence-electron chi connectivity index (χ0n) is 52.8. The van der Waals surface area contributed by atoms with Crippen LogP contribution in [0.25, 0.3) is 0 Å². The number of aliphatic hydroxyl groups excluding tert-OH is 2. The fourth-order valence-corrected chi connectivity index (χ4v) is 11.0. The molecule has 0 bridgehead atoms. The Bertz CT molecular complexity index is 1460. The van der Waals surface area contributed by atoms with E-state index in [0.29, 0.717) is 19.3 Å². The van der Waals surface area contributed by atoms with Crippen molar-refractivity contribution in [3.8, 4) is 0 Å². The summed E-state index contributed by atoms with van der Waals surface area (Å²) in [5.74, 6) is -3.07. The summed E-state index contributed by atoms with van der Waals surface area (Å²) in [7, 11) is 0. The normalized spacial score (nSPS) is 17.7. The number of hydrogen-bond donors (Lipinski definition) is 3. The molecule has 0 aromatic heterocycles. The van der Waals surface area contributed by atoms with Gasteiger partial charge in [0.25, 0.3) is 0 Å². The molecule has 1 saturated heterocycles. The highest BCUT2D eigenvalue weighted by Gasteiger charge is 2.50. The van der Waals surface area contributed by atoms with Gasteiger partial charge in [-0.1, -0.05) is 303 Å². The number of unbranched alkanes of at least 4 members (excludes halogenated alkanes) is 45. The molecule has 12 nitrogen and oxygen atoms in total. The molecule has 1 aliphatic heterocycles. The first-order valence-corrected chi connectivity index (χ1v) is 34.7. The lowest BCUT2D eigenvalue weighted by molar-refractivity contribution is -0.301. The summed E-state index contributed by atoms with van der Waals surface area (Å²) in [4.78, 5) is 51.4. The molecule has 6 unspecified atom stereocenters. The molecule has 1 rings (SSSR count). The number of carboxylic acid groups (broad SMARTS) is 1. The molecule has 0 aromatic rings. The van der Waals surface area contributed by atoms with Gasteiger partial charge >= 0.3 is 23.9 Å². The molecule has 0 aliphatic carbocycles. The minimum absolute atomic E-state index is 0.0689. The monoisotopic (exact) mass is 1150 g/mol. The van der Waals surface area contributed by atoms with Crippen LogP contribution in [-0.2, 0) is 42.9 Å². The van der Waals surface area contributed by atoms with Gasteiger partial charge in [-0.3, -0.25) is 14.4 Å². The third kappa shape index (κ3) is 47.4. The van der Waals surface area contributed by atoms with E-state index in [1.165, 1.54) is 238 Å². The van der Waals surface area contributed by atoms with Gasteiger partial charge in [-0.25, -0.2) is 4.79 Å². The number of allylic oxidation sites excluding steroid dienone is 2. The number of aliphatic carboxylic acids is 1. The van der Waals surface area contributed by atoms with Crippen molar-refractivity contribution >= 4 is 23.9 Å². The van der Waals surface area contributed by atoms with E-state index in [-0.39, 0.29) is 25.9 Å². The van der Waals surface area contributed by atoms with E-state index in [4.69, 9.17) is 23.7 Å². The number of aliphatic hydroxyl groups is 2. The molecule has 0 spiro atoms. The molecule has 1 aliphatic rings. The topological polar surface area (TPSA) is 175 Å². The minimum atomic E-state index is -1.90. The molecular weight excluding hydrogens is 1020 g/mol. The molecule has 0 amide bonds. The van der Waals surface area contributed by atoms with Crippen molar-refractivity contribution in [1.82, 2.24) is 0 Å². The maximum absolute atomic E-state index is 13.2. The van der Waals surface area contributed by atoms with Crippen LogP contribution in [0.3, 0.4) is 0 Å². The molecule has 1 heterocycles. The second-order valence-electron chi connectivity index (χ2n) is 24.2. The first-order chi connectivity index (χ1) is 39.6. The van der Waals surface area contributed by atoms with Gasteiger partial charge in [0.15, 0.2) is 24.6 Å². The van der Waals surface area contributed by atoms with E-state index >= 15 is 0 Å². The Hall–Kier alpha value is -2.54. The Morgan fingerprint density at radius 3 is 1.05 bits per heavy atom. The van der Waals surface area contributed by atoms with Crippen molar-refractivity contribution in [2.75, 3.05) is 13.2 Å². The minimum Gasteiger partial charge on any atom is -0.479 e. The van der Waals surface area contributed by atoms with Crippen molar-refractivity contribution < 1.29 is 58.2 Å². The second kappa shape index (κ2) is 57.9. The first-order valence-electron chi connectivity index (χ1n) is 34.7. The van der Waals surface area contributed by atoms with Gasteiger partial charge in [-0.05, 0) is 44.9 Å². The number of rotatable bonds is 61. The summed E-state index contributed by atoms with van der Waals surface area (Å²) in [6.45, 7) is 6.06. The second-order valence-corrected chi connectivity index (χ2v) is 24.2. The average molecular weight is 1150 g/mol. The van der Waals surface area contributed by atoms with Gasteiger partial charge in [0.2, 0.25) is 0 Å². The third-order valence-corrected chi connectivity index (χ3v) is 16.3. The maximum atomic E-state index is 13.2. The quantitative estimate of drug-likeness (QED) is 0.0228. The van der Waals surface area contributed by atoms with Crippen molar-refractivity contribution in [3.63, 3.8) is 0 Å². The van der Waals surface area contributed by atoms with Gasteiger partial charge in [0.05, 0.1) is 6.61 Å². The van der Waals surface area contributed by atoms with Gasteiger partial charge in [0, 0.05) is 19.3 Å². The zero-order valence-corrected chi connectivity index (χ0v) is 52.8. The number of ether oxygens (including phenoxy) is 5. The first kappa shape index (κ1) is 76.5. The van der Waals surface area contributed by atoms with Crippen molar-refractivity contribution in [2.45, 2.75) is 391 Å². The molecule has 0 saturated carbocycles. The van der Waals surface area contributed by atoms with Crippen LogP contribution in [0.2, 0.25) is 0 Å². The number of hydrogen-bond acceptors (Lipinski definition) is 11. The highest BCUT2D eigenvalue weighted by Crippen LogP contribution is 2.27. The van der Waals surface area contributed by atoms with E-state index < -0.39 is 67.3 Å². The van der Waals surface area contributed by atoms with E-state index in [2.05, 4.69) is 32.9 Å². The number of carbonyl (C=O) groups is 4. The SMILES string of the molecule is CCCCCCCC/C=C\CCCCCCCCCCCC(=O)OCC(COC1OC(C(=O)O)C(O)C(O)C1OC(=O)CCCCCCCCCCCCCCC)OC(=O)CCCCCCCCCCCCCCCCCCCCC. The summed E-state index contributed by atoms with van der Waals surface area (Å²) in [6, 6.07) is 0. The van der Waals surface area contributed by atoms with Crippen LogP contribution >= 0.6 is 0 Å². The predicted octanol–water partition coefficient (Wildman–Crippen LogP) is 18.8. The molecule has 81 heavy (non-hydrogen) atoms. The molecule has 0 aromatic carbocycles. The van der Waals surface area contributed by atoms with Crippen LogP contribution < -0.4 is 0 Å². The summed E-state index contributed by atoms with van der Waals surface area (Å²) < 4.78 is 28.6. The molecule has 6 atom stereocenters. The summed E-state index contributed by atoms with van der Waals surface area (Å²) in [6.07, 6.45) is 54.6. The van der Waals surface area contributed by atoms with Crippen LogP contribution in [0.5, 0.6) is 0 Å². The van der Waals surface area contributed by atoms with Crippen LogP contribution in [-0.4, -0.2) is 89.2 Å². The van der Waals surface area contributed by atoms with Crippen LogP contribution in [0.15, 0.2) is 12.2 Å². The smallest absolute Gasteiger partial charge is 0.335 e. The summed E-state index contributed by atoms with van der Waals surface area (Å²) in [5.41, 5.74) is 0. The van der Waals surface area contributed by atoms with Crippen LogP contribution in [0.4, 0.5) is 0 Å². The van der Waals surface area contributed by atoms with E-state index in [1.807, 2.05) is 0 Å². The lowest BCUT2D eigenvalue weighted by Gasteiger charge is -2.40. The van der Waals surface area contributed by atoms with Crippen LogP contribution in [0.1, 0.15) is 355 Å². The van der Waals surface area contributed by atoms with Gasteiger partial charge in [-0.2, -0.15) is 0 Å². The highest BCUT2D eigenvalue weighted by atomic mass is 16.7. The number of esters is 3. The predicted molar refractivity (Wildman–Crippen MR) is 331 cm³/mol. The maximum Gasteiger partial charge on any atom is 0.335 e. The lowest BCUT2D eigenvalue weighted by Crippen LogP contribution is -2.61. The Labute approximate surface area is 496 Å². The third-order valence-electron chi connectivity index (χ3n) is 16.3. The average Bonchev–Trinajstić information content (AvgIpc) is 3.46. The molecule has 3 N–H and O–H groups in total. The van der Waals surface area contributed by atoms with Crippen molar-refractivity contribution in [3.05, 3.63) is 12.2 Å². The van der Waals surface area contributed by atoms with Crippen molar-refractivity contribution in [2.24, 2.45) is 0 Å². The lowest BCUT2D eigenvalue weighted by atomic mass is 9.98. The zero-order chi connectivity index (χ0) is 58.9. The summed E-state index contributed by atoms with van der Waals surface area (Å²) >= 11 is 0. The molecule has 12 heteroatoms. The number of carboxylic acids is 1. The molecule has 1 fully saturated rings. The Morgan fingerprint density at radius 1 is 0.395 bits per heavy atom. The molecule has 476 valence electrons. The fraction of sp³-hybridized carbons (Fsp3) is 0.913. The highest BCUT2D eigenvalue weighted by molar-refractivity contribution is 5.74. The largest absolute Gasteiger partial charge is 0.479 e. The molecular formula is C69H128O12. The van der Waals surface area contributed by atoms with Gasteiger partial charge in [-0.15, -0.1) is 0 Å². The van der Waals surface area contributed by atoms with Gasteiger partial charge < -0.3 is 39.0 Å². The summed E-state index contributed by atoms with van der Waals surface area (Å²) in [5, 5.41) is 31.6. The number of carbonyl (C=O) groups excluding carboxylic acids is 3. The Kier molecular flexibility index (Phi) is 54.6. The van der Waals surface area contributed by atoms with Crippen molar-refractivity contribution in [1.29, 1.82) is 0 Å². The Balaban J connectivity index is 2.61. The molecule has 0 radical (unpaired) electrons. The van der Waals surface area contributed by atoms with Gasteiger partial charge in [0.1, 0.15) is 18.8 Å². The fourth-order valence-electron chi connectivity index (χ4n) is 11.0.